The second-order valence-corrected chi connectivity index (χ2v) is 3.19. The van der Waals surface area contributed by atoms with Crippen LogP contribution in [-0.4, -0.2) is 35.7 Å². The van der Waals surface area contributed by atoms with E-state index in [-0.39, 0.29) is 12.5 Å². The molecule has 0 saturated carbocycles. The Bertz CT molecular complexity index is 109. The van der Waals surface area contributed by atoms with E-state index < -0.39 is 0 Å². The van der Waals surface area contributed by atoms with Gasteiger partial charge in [0.2, 0.25) is 5.91 Å². The van der Waals surface area contributed by atoms with Crippen LogP contribution in [0.4, 0.5) is 0 Å². The monoisotopic (exact) mass is 177 g/mol. The van der Waals surface area contributed by atoms with E-state index in [9.17, 15) is 4.79 Å². The third kappa shape index (κ3) is 7.68. The molecule has 0 rings (SSSR count). The lowest BCUT2D eigenvalue weighted by atomic mass is 10.5. The van der Waals surface area contributed by atoms with Gasteiger partial charge in [0.1, 0.15) is 0 Å². The first-order valence-electron chi connectivity index (χ1n) is 3.76. The van der Waals surface area contributed by atoms with Crippen LogP contribution in [-0.2, 0) is 4.79 Å². The molecular formula is C7H15NO2S. The molecule has 0 heterocycles. The van der Waals surface area contributed by atoms with E-state index in [4.69, 9.17) is 5.11 Å². The summed E-state index contributed by atoms with van der Waals surface area (Å²) in [4.78, 5) is 10.8. The molecule has 4 heteroatoms. The lowest BCUT2D eigenvalue weighted by Gasteiger charge is -2.00. The van der Waals surface area contributed by atoms with Gasteiger partial charge >= 0.3 is 0 Å². The van der Waals surface area contributed by atoms with Crippen LogP contribution >= 0.6 is 11.8 Å². The number of amides is 1. The zero-order valence-electron chi connectivity index (χ0n) is 6.80. The summed E-state index contributed by atoms with van der Waals surface area (Å²) in [6, 6.07) is 0. The predicted molar refractivity (Wildman–Crippen MR) is 47.7 cm³/mol. The SMILES string of the molecule is CCNC(=O)CSCCCO. The zero-order valence-corrected chi connectivity index (χ0v) is 7.62. The second-order valence-electron chi connectivity index (χ2n) is 2.08. The Labute approximate surface area is 71.6 Å². The van der Waals surface area contributed by atoms with Gasteiger partial charge in [0, 0.05) is 13.2 Å². The number of hydrogen-bond acceptors (Lipinski definition) is 3. The lowest BCUT2D eigenvalue weighted by molar-refractivity contribution is -0.118. The van der Waals surface area contributed by atoms with E-state index in [0.29, 0.717) is 12.3 Å². The van der Waals surface area contributed by atoms with Crippen LogP contribution in [0.5, 0.6) is 0 Å². The van der Waals surface area contributed by atoms with E-state index in [1.807, 2.05) is 6.92 Å². The molecule has 0 aliphatic heterocycles. The molecule has 0 aliphatic rings. The smallest absolute Gasteiger partial charge is 0.229 e. The first kappa shape index (κ1) is 10.8. The largest absolute Gasteiger partial charge is 0.396 e. The number of nitrogens with one attached hydrogen (secondary N) is 1. The van der Waals surface area contributed by atoms with Crippen molar-refractivity contribution in [1.82, 2.24) is 5.32 Å². The van der Waals surface area contributed by atoms with Gasteiger partial charge in [-0.3, -0.25) is 4.79 Å². The fraction of sp³-hybridized carbons (Fsp3) is 0.857. The summed E-state index contributed by atoms with van der Waals surface area (Å²) in [7, 11) is 0. The minimum atomic E-state index is 0.0791. The van der Waals surface area contributed by atoms with Gasteiger partial charge in [0.15, 0.2) is 0 Å². The van der Waals surface area contributed by atoms with Crippen molar-refractivity contribution < 1.29 is 9.90 Å². The van der Waals surface area contributed by atoms with Crippen molar-refractivity contribution in [2.24, 2.45) is 0 Å². The van der Waals surface area contributed by atoms with Crippen molar-refractivity contribution in [1.29, 1.82) is 0 Å². The number of carbonyl (C=O) groups is 1. The Hall–Kier alpha value is -0.220. The lowest BCUT2D eigenvalue weighted by Crippen LogP contribution is -2.24. The maximum absolute atomic E-state index is 10.8. The van der Waals surface area contributed by atoms with Crippen LogP contribution in [0.1, 0.15) is 13.3 Å². The number of rotatable bonds is 6. The predicted octanol–water partition coefficient (Wildman–Crippen LogP) is 0.238. The van der Waals surface area contributed by atoms with E-state index in [1.165, 1.54) is 0 Å². The highest BCUT2D eigenvalue weighted by Crippen LogP contribution is 2.00. The number of aliphatic hydroxyl groups excluding tert-OH is 1. The van der Waals surface area contributed by atoms with Crippen molar-refractivity contribution >= 4 is 17.7 Å². The fourth-order valence-electron chi connectivity index (χ4n) is 0.580. The number of aliphatic hydroxyl groups is 1. The molecule has 66 valence electrons. The van der Waals surface area contributed by atoms with Gasteiger partial charge < -0.3 is 10.4 Å². The molecule has 0 atom stereocenters. The van der Waals surface area contributed by atoms with Crippen LogP contribution in [0, 0.1) is 0 Å². The van der Waals surface area contributed by atoms with Crippen molar-refractivity contribution in [2.45, 2.75) is 13.3 Å². The van der Waals surface area contributed by atoms with Gasteiger partial charge in [-0.25, -0.2) is 0 Å². The number of thioether (sulfide) groups is 1. The molecule has 1 amide bonds. The van der Waals surface area contributed by atoms with Gasteiger partial charge in [0.25, 0.3) is 0 Å². The molecule has 0 aromatic heterocycles. The maximum atomic E-state index is 10.8. The van der Waals surface area contributed by atoms with Gasteiger partial charge in [0.05, 0.1) is 5.75 Å². The fourth-order valence-corrected chi connectivity index (χ4v) is 1.34. The first-order valence-corrected chi connectivity index (χ1v) is 4.92. The Balaban J connectivity index is 3.04. The number of carbonyl (C=O) groups excluding carboxylic acids is 1. The highest BCUT2D eigenvalue weighted by Gasteiger charge is 1.97. The average molecular weight is 177 g/mol. The van der Waals surface area contributed by atoms with Gasteiger partial charge in [-0.15, -0.1) is 0 Å². The normalized spacial score (nSPS) is 9.64. The summed E-state index contributed by atoms with van der Waals surface area (Å²) >= 11 is 1.55. The van der Waals surface area contributed by atoms with Crippen molar-refractivity contribution in [2.75, 3.05) is 24.7 Å². The summed E-state index contributed by atoms with van der Waals surface area (Å²) in [6.45, 7) is 2.80. The molecule has 0 spiro atoms. The molecule has 0 fully saturated rings. The number of hydrogen-bond donors (Lipinski definition) is 2. The highest BCUT2D eigenvalue weighted by atomic mass is 32.2. The molecule has 0 unspecified atom stereocenters. The Kier molecular flexibility index (Phi) is 7.72. The van der Waals surface area contributed by atoms with E-state index in [1.54, 1.807) is 11.8 Å². The third-order valence-electron chi connectivity index (χ3n) is 1.05. The highest BCUT2D eigenvalue weighted by molar-refractivity contribution is 7.99. The van der Waals surface area contributed by atoms with Crippen LogP contribution in [0.3, 0.4) is 0 Å². The summed E-state index contributed by atoms with van der Waals surface area (Å²) < 4.78 is 0. The Morgan fingerprint density at radius 2 is 2.36 bits per heavy atom. The van der Waals surface area contributed by atoms with E-state index >= 15 is 0 Å². The molecular weight excluding hydrogens is 162 g/mol. The summed E-state index contributed by atoms with van der Waals surface area (Å²) in [5, 5.41) is 11.1. The molecule has 0 aromatic carbocycles. The molecule has 0 saturated heterocycles. The van der Waals surface area contributed by atoms with Gasteiger partial charge in [-0.1, -0.05) is 0 Å². The Morgan fingerprint density at radius 1 is 1.64 bits per heavy atom. The molecule has 0 aromatic rings. The first-order chi connectivity index (χ1) is 5.31. The third-order valence-corrected chi connectivity index (χ3v) is 2.10. The second kappa shape index (κ2) is 7.88. The average Bonchev–Trinajstić information content (AvgIpc) is 1.99. The van der Waals surface area contributed by atoms with Crippen LogP contribution in [0.25, 0.3) is 0 Å². The summed E-state index contributed by atoms with van der Waals surface area (Å²) in [5.74, 6) is 1.44. The van der Waals surface area contributed by atoms with Crippen molar-refractivity contribution in [3.63, 3.8) is 0 Å². The minimum absolute atomic E-state index is 0.0791. The standard InChI is InChI=1S/C7H15NO2S/c1-2-8-7(10)6-11-5-3-4-9/h9H,2-6H2,1H3,(H,8,10). The van der Waals surface area contributed by atoms with Gasteiger partial charge in [-0.05, 0) is 19.1 Å². The van der Waals surface area contributed by atoms with Crippen molar-refractivity contribution in [3.05, 3.63) is 0 Å². The zero-order chi connectivity index (χ0) is 8.53. The molecule has 0 aliphatic carbocycles. The molecule has 11 heavy (non-hydrogen) atoms. The van der Waals surface area contributed by atoms with Crippen LogP contribution < -0.4 is 5.32 Å². The topological polar surface area (TPSA) is 49.3 Å². The molecule has 3 nitrogen and oxygen atoms in total. The summed E-state index contributed by atoms with van der Waals surface area (Å²) in [6.07, 6.45) is 0.768. The molecule has 2 N–H and O–H groups in total. The van der Waals surface area contributed by atoms with Crippen LogP contribution in [0.15, 0.2) is 0 Å². The summed E-state index contributed by atoms with van der Waals surface area (Å²) in [5.41, 5.74) is 0. The van der Waals surface area contributed by atoms with Crippen LogP contribution in [0.2, 0.25) is 0 Å². The van der Waals surface area contributed by atoms with E-state index in [0.717, 1.165) is 12.2 Å². The quantitative estimate of drug-likeness (QED) is 0.571. The van der Waals surface area contributed by atoms with Crippen molar-refractivity contribution in [3.8, 4) is 0 Å². The van der Waals surface area contributed by atoms with E-state index in [2.05, 4.69) is 5.32 Å². The van der Waals surface area contributed by atoms with Gasteiger partial charge in [-0.2, -0.15) is 11.8 Å². The Morgan fingerprint density at radius 3 is 2.91 bits per heavy atom. The molecule has 0 bridgehead atoms. The minimum Gasteiger partial charge on any atom is -0.396 e. The maximum Gasteiger partial charge on any atom is 0.229 e. The molecule has 0 radical (unpaired) electrons.